The molecule has 0 bridgehead atoms. The van der Waals surface area contributed by atoms with Crippen molar-refractivity contribution in [2.45, 2.75) is 33.7 Å². The van der Waals surface area contributed by atoms with Crippen LogP contribution in [0.2, 0.25) is 0 Å². The Morgan fingerprint density at radius 3 is 2.36 bits per heavy atom. The largest absolute Gasteiger partial charge is 0.468 e. The highest BCUT2D eigenvalue weighted by molar-refractivity contribution is 7.88. The Morgan fingerprint density at radius 2 is 1.84 bits per heavy atom. The van der Waals surface area contributed by atoms with Crippen LogP contribution >= 0.6 is 0 Å². The second-order valence-electron chi connectivity index (χ2n) is 6.25. The van der Waals surface area contributed by atoms with Gasteiger partial charge in [-0.05, 0) is 44.0 Å². The average molecular weight is 364 g/mol. The molecule has 0 fully saturated rings. The van der Waals surface area contributed by atoms with Crippen LogP contribution in [0.4, 0.5) is 5.69 Å². The minimum atomic E-state index is -3.44. The molecule has 1 heterocycles. The Kier molecular flexibility index (Phi) is 6.02. The quantitative estimate of drug-likeness (QED) is 0.819. The lowest BCUT2D eigenvalue weighted by atomic mass is 10.1. The number of nitrogens with one attached hydrogen (secondary N) is 1. The molecule has 0 aliphatic carbocycles. The van der Waals surface area contributed by atoms with Gasteiger partial charge in [0.1, 0.15) is 5.76 Å². The van der Waals surface area contributed by atoms with Crippen LogP contribution in [0.5, 0.6) is 0 Å². The van der Waals surface area contributed by atoms with Crippen LogP contribution in [-0.4, -0.2) is 31.4 Å². The fourth-order valence-electron chi connectivity index (χ4n) is 2.74. The molecule has 2 aromatic rings. The summed E-state index contributed by atoms with van der Waals surface area (Å²) in [5.41, 5.74) is 3.89. The van der Waals surface area contributed by atoms with Crippen LogP contribution in [0.3, 0.4) is 0 Å². The molecule has 6 nitrogen and oxygen atoms in total. The van der Waals surface area contributed by atoms with Gasteiger partial charge in [0, 0.05) is 18.7 Å². The molecule has 1 N–H and O–H groups in total. The first kappa shape index (κ1) is 19.2. The maximum atomic E-state index is 12.3. The number of rotatable bonds is 7. The van der Waals surface area contributed by atoms with Crippen molar-refractivity contribution in [2.24, 2.45) is 0 Å². The molecule has 1 amide bonds. The number of aryl methyl sites for hydroxylation is 3. The topological polar surface area (TPSA) is 79.6 Å². The van der Waals surface area contributed by atoms with Gasteiger partial charge in [-0.1, -0.05) is 17.7 Å². The number of carbonyl (C=O) groups is 1. The molecule has 2 rings (SSSR count). The van der Waals surface area contributed by atoms with Crippen LogP contribution < -0.4 is 5.32 Å². The van der Waals surface area contributed by atoms with Crippen LogP contribution in [0.1, 0.15) is 28.9 Å². The highest BCUT2D eigenvalue weighted by atomic mass is 32.2. The van der Waals surface area contributed by atoms with Crippen molar-refractivity contribution in [1.82, 2.24) is 4.31 Å². The zero-order valence-corrected chi connectivity index (χ0v) is 15.8. The Morgan fingerprint density at radius 1 is 1.20 bits per heavy atom. The molecule has 0 unspecified atom stereocenters. The number of furan rings is 1. The lowest BCUT2D eigenvalue weighted by Gasteiger charge is -2.19. The van der Waals surface area contributed by atoms with Gasteiger partial charge in [0.15, 0.2) is 0 Å². The van der Waals surface area contributed by atoms with Gasteiger partial charge in [-0.15, -0.1) is 0 Å². The summed E-state index contributed by atoms with van der Waals surface area (Å²) in [7, 11) is -3.44. The first-order chi connectivity index (χ1) is 11.7. The first-order valence-electron chi connectivity index (χ1n) is 8.02. The van der Waals surface area contributed by atoms with Gasteiger partial charge in [0.2, 0.25) is 15.9 Å². The van der Waals surface area contributed by atoms with E-state index in [1.54, 1.807) is 12.1 Å². The number of nitrogens with zero attached hydrogens (tertiary/aromatic N) is 1. The van der Waals surface area contributed by atoms with E-state index in [9.17, 15) is 13.2 Å². The van der Waals surface area contributed by atoms with E-state index >= 15 is 0 Å². The third-order valence-corrected chi connectivity index (χ3v) is 5.16. The SMILES string of the molecule is Cc1cc(C)c(NC(=O)CCN(Cc2ccco2)S(C)(=O)=O)c(C)c1. The molecule has 0 atom stereocenters. The summed E-state index contributed by atoms with van der Waals surface area (Å²) < 4.78 is 30.3. The average Bonchev–Trinajstić information content (AvgIpc) is 2.99. The van der Waals surface area contributed by atoms with Crippen molar-refractivity contribution in [2.75, 3.05) is 18.1 Å². The molecule has 0 aliphatic rings. The van der Waals surface area contributed by atoms with Gasteiger partial charge in [-0.25, -0.2) is 8.42 Å². The summed E-state index contributed by atoms with van der Waals surface area (Å²) in [6.07, 6.45) is 2.69. The van der Waals surface area contributed by atoms with Crippen LogP contribution in [0, 0.1) is 20.8 Å². The molecule has 25 heavy (non-hydrogen) atoms. The minimum Gasteiger partial charge on any atom is -0.468 e. The molecule has 1 aromatic heterocycles. The Hall–Kier alpha value is -2.12. The van der Waals surface area contributed by atoms with Gasteiger partial charge in [-0.2, -0.15) is 4.31 Å². The van der Waals surface area contributed by atoms with E-state index in [4.69, 9.17) is 4.42 Å². The van der Waals surface area contributed by atoms with Crippen molar-refractivity contribution in [3.05, 3.63) is 53.0 Å². The summed E-state index contributed by atoms with van der Waals surface area (Å²) in [6, 6.07) is 7.41. The molecule has 7 heteroatoms. The van der Waals surface area contributed by atoms with Crippen molar-refractivity contribution >= 4 is 21.6 Å². The molecular formula is C18H24N2O4S. The second kappa shape index (κ2) is 7.84. The summed E-state index contributed by atoms with van der Waals surface area (Å²) in [4.78, 5) is 12.3. The number of hydrogen-bond acceptors (Lipinski definition) is 4. The molecule has 0 radical (unpaired) electrons. The van der Waals surface area contributed by atoms with Crippen molar-refractivity contribution in [3.63, 3.8) is 0 Å². The van der Waals surface area contributed by atoms with Crippen LogP contribution in [0.15, 0.2) is 34.9 Å². The first-order valence-corrected chi connectivity index (χ1v) is 9.87. The highest BCUT2D eigenvalue weighted by Gasteiger charge is 2.20. The summed E-state index contributed by atoms with van der Waals surface area (Å²) in [6.45, 7) is 6.09. The summed E-state index contributed by atoms with van der Waals surface area (Å²) >= 11 is 0. The molecule has 136 valence electrons. The summed E-state index contributed by atoms with van der Waals surface area (Å²) in [5.74, 6) is 0.319. The molecule has 0 saturated carbocycles. The van der Waals surface area contributed by atoms with Crippen molar-refractivity contribution in [3.8, 4) is 0 Å². The monoisotopic (exact) mass is 364 g/mol. The highest BCUT2D eigenvalue weighted by Crippen LogP contribution is 2.22. The molecule has 1 aromatic carbocycles. The third-order valence-electron chi connectivity index (χ3n) is 3.91. The van der Waals surface area contributed by atoms with E-state index in [-0.39, 0.29) is 25.4 Å². The van der Waals surface area contributed by atoms with E-state index in [1.165, 1.54) is 10.6 Å². The Labute approximate surface area is 148 Å². The normalized spacial score (nSPS) is 11.7. The molecular weight excluding hydrogens is 340 g/mol. The number of benzene rings is 1. The van der Waals surface area contributed by atoms with Crippen molar-refractivity contribution < 1.29 is 17.6 Å². The Balaban J connectivity index is 2.02. The smallest absolute Gasteiger partial charge is 0.225 e. The van der Waals surface area contributed by atoms with Gasteiger partial charge >= 0.3 is 0 Å². The second-order valence-corrected chi connectivity index (χ2v) is 8.23. The fraction of sp³-hybridized carbons (Fsp3) is 0.389. The number of carbonyl (C=O) groups excluding carboxylic acids is 1. The summed E-state index contributed by atoms with van der Waals surface area (Å²) in [5, 5.41) is 2.89. The zero-order chi connectivity index (χ0) is 18.6. The zero-order valence-electron chi connectivity index (χ0n) is 15.0. The standard InChI is InChI=1S/C18H24N2O4S/c1-13-10-14(2)18(15(3)11-13)19-17(21)7-8-20(25(4,22)23)12-16-6-5-9-24-16/h5-6,9-11H,7-8,12H2,1-4H3,(H,19,21). The van der Waals surface area contributed by atoms with E-state index < -0.39 is 10.0 Å². The fourth-order valence-corrected chi connectivity index (χ4v) is 3.53. The van der Waals surface area contributed by atoms with E-state index in [1.807, 2.05) is 32.9 Å². The molecule has 0 spiro atoms. The van der Waals surface area contributed by atoms with Gasteiger partial charge in [0.05, 0.1) is 19.1 Å². The predicted octanol–water partition coefficient (Wildman–Crippen LogP) is 3.00. The molecule has 0 aliphatic heterocycles. The van der Waals surface area contributed by atoms with E-state index in [0.717, 1.165) is 28.6 Å². The minimum absolute atomic E-state index is 0.0700. The number of sulfonamides is 1. The third kappa shape index (κ3) is 5.44. The predicted molar refractivity (Wildman–Crippen MR) is 97.9 cm³/mol. The maximum Gasteiger partial charge on any atom is 0.225 e. The van der Waals surface area contributed by atoms with Gasteiger partial charge in [-0.3, -0.25) is 4.79 Å². The van der Waals surface area contributed by atoms with Gasteiger partial charge < -0.3 is 9.73 Å². The van der Waals surface area contributed by atoms with E-state index in [0.29, 0.717) is 5.76 Å². The lowest BCUT2D eigenvalue weighted by Crippen LogP contribution is -2.32. The number of amides is 1. The molecule has 0 saturated heterocycles. The van der Waals surface area contributed by atoms with E-state index in [2.05, 4.69) is 5.32 Å². The van der Waals surface area contributed by atoms with Gasteiger partial charge in [0.25, 0.3) is 0 Å². The van der Waals surface area contributed by atoms with Crippen molar-refractivity contribution in [1.29, 1.82) is 0 Å². The Bertz CT molecular complexity index is 819. The van der Waals surface area contributed by atoms with Crippen LogP contribution in [0.25, 0.3) is 0 Å². The number of anilines is 1. The lowest BCUT2D eigenvalue weighted by molar-refractivity contribution is -0.116. The van der Waals surface area contributed by atoms with Crippen LogP contribution in [-0.2, 0) is 21.4 Å². The number of hydrogen-bond donors (Lipinski definition) is 1. The maximum absolute atomic E-state index is 12.3.